The lowest BCUT2D eigenvalue weighted by atomic mass is 9.94. The highest BCUT2D eigenvalue weighted by Gasteiger charge is 2.27. The quantitative estimate of drug-likeness (QED) is 0.200. The molecular formula is C30H32F4O3. The van der Waals surface area contributed by atoms with Crippen LogP contribution >= 0.6 is 0 Å². The second-order valence-corrected chi connectivity index (χ2v) is 9.28. The average molecular weight is 517 g/mol. The molecule has 0 unspecified atom stereocenters. The van der Waals surface area contributed by atoms with Crippen LogP contribution in [0.15, 0.2) is 48.5 Å². The summed E-state index contributed by atoms with van der Waals surface area (Å²) in [7, 11) is 0. The number of hydrogen-bond acceptors (Lipinski definition) is 3. The zero-order valence-electron chi connectivity index (χ0n) is 21.2. The minimum atomic E-state index is -1.04. The molecule has 0 radical (unpaired) electrons. The standard InChI is InChI=1S/C30H32F4O3/c1-3-5-6-16-35-25-15-14-23(29(33)30(25)34)20-10-8-19(9-11-20)22-12-13-24(28(32)27(22)31)21-17-36-26(7-4-2)37-18-21/h8-15,21,26H,3-7,16-18H2,1-2H3. The van der Waals surface area contributed by atoms with Gasteiger partial charge in [0.05, 0.1) is 19.8 Å². The van der Waals surface area contributed by atoms with Gasteiger partial charge in [-0.3, -0.25) is 0 Å². The zero-order valence-corrected chi connectivity index (χ0v) is 21.2. The van der Waals surface area contributed by atoms with Crippen molar-refractivity contribution in [2.75, 3.05) is 19.8 Å². The van der Waals surface area contributed by atoms with E-state index in [-0.39, 0.29) is 41.9 Å². The maximum Gasteiger partial charge on any atom is 0.201 e. The van der Waals surface area contributed by atoms with Gasteiger partial charge >= 0.3 is 0 Å². The molecule has 3 nitrogen and oxygen atoms in total. The molecule has 1 aliphatic rings. The average Bonchev–Trinajstić information content (AvgIpc) is 2.91. The Morgan fingerprint density at radius 2 is 1.30 bits per heavy atom. The molecule has 0 amide bonds. The topological polar surface area (TPSA) is 27.7 Å². The van der Waals surface area contributed by atoms with Crippen LogP contribution in [0.2, 0.25) is 0 Å². The first kappa shape index (κ1) is 27.1. The second-order valence-electron chi connectivity index (χ2n) is 9.28. The van der Waals surface area contributed by atoms with E-state index in [1.807, 2.05) is 13.8 Å². The number of ether oxygens (including phenoxy) is 3. The third kappa shape index (κ3) is 6.16. The third-order valence-electron chi connectivity index (χ3n) is 6.60. The van der Waals surface area contributed by atoms with E-state index in [0.29, 0.717) is 17.7 Å². The summed E-state index contributed by atoms with van der Waals surface area (Å²) in [6, 6.07) is 12.2. The summed E-state index contributed by atoms with van der Waals surface area (Å²) in [6.45, 7) is 4.92. The second kappa shape index (κ2) is 12.6. The van der Waals surface area contributed by atoms with Gasteiger partial charge in [0.15, 0.2) is 29.5 Å². The first-order chi connectivity index (χ1) is 17.9. The van der Waals surface area contributed by atoms with E-state index in [4.69, 9.17) is 14.2 Å². The minimum Gasteiger partial charge on any atom is -0.490 e. The zero-order chi connectivity index (χ0) is 26.4. The van der Waals surface area contributed by atoms with E-state index >= 15 is 4.39 Å². The Morgan fingerprint density at radius 3 is 1.89 bits per heavy atom. The molecule has 3 aromatic carbocycles. The lowest BCUT2D eigenvalue weighted by molar-refractivity contribution is -0.190. The minimum absolute atomic E-state index is 0.0608. The van der Waals surface area contributed by atoms with Gasteiger partial charge in [0.1, 0.15) is 0 Å². The third-order valence-corrected chi connectivity index (χ3v) is 6.60. The molecule has 0 bridgehead atoms. The van der Waals surface area contributed by atoms with Gasteiger partial charge in [0, 0.05) is 17.0 Å². The van der Waals surface area contributed by atoms with Crippen molar-refractivity contribution in [2.24, 2.45) is 0 Å². The summed E-state index contributed by atoms with van der Waals surface area (Å²) < 4.78 is 76.0. The molecular weight excluding hydrogens is 484 g/mol. The van der Waals surface area contributed by atoms with Crippen LogP contribution in [0.25, 0.3) is 22.3 Å². The van der Waals surface area contributed by atoms with Crippen LogP contribution in [0, 0.1) is 23.3 Å². The van der Waals surface area contributed by atoms with Crippen molar-refractivity contribution in [3.05, 3.63) is 77.4 Å². The Kier molecular flexibility index (Phi) is 9.22. The predicted octanol–water partition coefficient (Wildman–Crippen LogP) is 8.40. The first-order valence-corrected chi connectivity index (χ1v) is 12.9. The number of rotatable bonds is 10. The van der Waals surface area contributed by atoms with E-state index in [2.05, 4.69) is 0 Å². The molecule has 1 aliphatic heterocycles. The molecule has 0 atom stereocenters. The number of unbranched alkanes of at least 4 members (excludes halogenated alkanes) is 2. The molecule has 0 spiro atoms. The van der Waals surface area contributed by atoms with E-state index in [1.54, 1.807) is 30.3 Å². The van der Waals surface area contributed by atoms with E-state index < -0.39 is 29.2 Å². The molecule has 1 saturated heterocycles. The summed E-state index contributed by atoms with van der Waals surface area (Å²) in [4.78, 5) is 0. The fourth-order valence-electron chi connectivity index (χ4n) is 4.46. The van der Waals surface area contributed by atoms with Gasteiger partial charge in [-0.1, -0.05) is 69.5 Å². The summed E-state index contributed by atoms with van der Waals surface area (Å²) in [6.07, 6.45) is 4.07. The summed E-state index contributed by atoms with van der Waals surface area (Å²) in [5.41, 5.74) is 1.18. The SMILES string of the molecule is CCCCCOc1ccc(-c2ccc(-c3ccc(C4COC(CCC)OC4)c(F)c3F)cc2)c(F)c1F. The van der Waals surface area contributed by atoms with Crippen molar-refractivity contribution < 1.29 is 31.8 Å². The molecule has 4 rings (SSSR count). The predicted molar refractivity (Wildman–Crippen MR) is 136 cm³/mol. The van der Waals surface area contributed by atoms with Crippen LogP contribution < -0.4 is 4.74 Å². The maximum absolute atomic E-state index is 15.1. The molecule has 198 valence electrons. The lowest BCUT2D eigenvalue weighted by Crippen LogP contribution is -2.31. The normalized spacial score (nSPS) is 17.7. The summed E-state index contributed by atoms with van der Waals surface area (Å²) in [5.74, 6) is -4.48. The van der Waals surface area contributed by atoms with Crippen LogP contribution in [-0.2, 0) is 9.47 Å². The highest BCUT2D eigenvalue weighted by atomic mass is 19.2. The van der Waals surface area contributed by atoms with Gasteiger partial charge < -0.3 is 14.2 Å². The highest BCUT2D eigenvalue weighted by molar-refractivity contribution is 5.72. The van der Waals surface area contributed by atoms with E-state index in [0.717, 1.165) is 32.1 Å². The van der Waals surface area contributed by atoms with E-state index in [9.17, 15) is 13.2 Å². The smallest absolute Gasteiger partial charge is 0.201 e. The van der Waals surface area contributed by atoms with Crippen molar-refractivity contribution in [3.63, 3.8) is 0 Å². The van der Waals surface area contributed by atoms with Crippen molar-refractivity contribution in [1.82, 2.24) is 0 Å². The van der Waals surface area contributed by atoms with Gasteiger partial charge in [-0.2, -0.15) is 4.39 Å². The van der Waals surface area contributed by atoms with Gasteiger partial charge in [-0.05, 0) is 41.7 Å². The Labute approximate surface area is 215 Å². The molecule has 3 aromatic rings. The Hall–Kier alpha value is -2.90. The van der Waals surface area contributed by atoms with Crippen LogP contribution in [0.5, 0.6) is 5.75 Å². The van der Waals surface area contributed by atoms with Gasteiger partial charge in [-0.15, -0.1) is 0 Å². The van der Waals surface area contributed by atoms with Gasteiger partial charge in [-0.25, -0.2) is 13.2 Å². The molecule has 37 heavy (non-hydrogen) atoms. The summed E-state index contributed by atoms with van der Waals surface area (Å²) >= 11 is 0. The molecule has 1 heterocycles. The van der Waals surface area contributed by atoms with E-state index in [1.165, 1.54) is 18.2 Å². The summed E-state index contributed by atoms with van der Waals surface area (Å²) in [5, 5.41) is 0. The van der Waals surface area contributed by atoms with Crippen molar-refractivity contribution in [3.8, 4) is 28.0 Å². The number of hydrogen-bond donors (Lipinski definition) is 0. The molecule has 0 aromatic heterocycles. The van der Waals surface area contributed by atoms with Crippen molar-refractivity contribution in [2.45, 2.75) is 58.2 Å². The monoisotopic (exact) mass is 516 g/mol. The fraction of sp³-hybridized carbons (Fsp3) is 0.400. The molecule has 0 aliphatic carbocycles. The highest BCUT2D eigenvalue weighted by Crippen LogP contribution is 2.34. The Bertz CT molecular complexity index is 1190. The number of halogens is 4. The first-order valence-electron chi connectivity index (χ1n) is 12.9. The molecule has 1 fully saturated rings. The van der Waals surface area contributed by atoms with Crippen molar-refractivity contribution in [1.29, 1.82) is 0 Å². The van der Waals surface area contributed by atoms with Crippen LogP contribution in [0.4, 0.5) is 17.6 Å². The van der Waals surface area contributed by atoms with Gasteiger partial charge in [0.2, 0.25) is 5.82 Å². The Morgan fingerprint density at radius 1 is 0.703 bits per heavy atom. The van der Waals surface area contributed by atoms with Crippen LogP contribution in [0.1, 0.15) is 57.4 Å². The van der Waals surface area contributed by atoms with Crippen LogP contribution in [-0.4, -0.2) is 26.1 Å². The van der Waals surface area contributed by atoms with Crippen molar-refractivity contribution >= 4 is 0 Å². The van der Waals surface area contributed by atoms with Gasteiger partial charge in [0.25, 0.3) is 0 Å². The van der Waals surface area contributed by atoms with Crippen LogP contribution in [0.3, 0.4) is 0 Å². The fourth-order valence-corrected chi connectivity index (χ4v) is 4.46. The Balaban J connectivity index is 1.50. The maximum atomic E-state index is 15.1. The lowest BCUT2D eigenvalue weighted by Gasteiger charge is -2.29. The number of benzene rings is 3. The largest absolute Gasteiger partial charge is 0.490 e. The molecule has 0 saturated carbocycles. The molecule has 7 heteroatoms. The molecule has 0 N–H and O–H groups in total.